The highest BCUT2D eigenvalue weighted by atomic mass is 32.1. The molecular weight excluding hydrogens is 482 g/mol. The van der Waals surface area contributed by atoms with Gasteiger partial charge in [0.05, 0.1) is 33.9 Å². The number of hydrogen-bond donors (Lipinski definition) is 1. The molecular formula is C26H19N3O6S. The van der Waals surface area contributed by atoms with E-state index in [-0.39, 0.29) is 22.0 Å². The standard InChI is InChI=1S/C26H19N3O6S/c1-14-9-10-19-20(11-14)36-26(27-19)28-22(15-5-3-7-17(12-15)29(33)34)21(24(31)25(28)32)23(30)16-6-4-8-18(13-16)35-2/h3-13,22,30H,1-2H3/b23-21+/t22-/m0/s1. The number of nitro groups is 1. The zero-order valence-corrected chi connectivity index (χ0v) is 20.0. The summed E-state index contributed by atoms with van der Waals surface area (Å²) in [6, 6.07) is 16.6. The first kappa shape index (κ1) is 23.2. The number of methoxy groups -OCH3 is 1. The van der Waals surface area contributed by atoms with E-state index in [9.17, 15) is 24.8 Å². The lowest BCUT2D eigenvalue weighted by molar-refractivity contribution is -0.384. The molecule has 0 spiro atoms. The van der Waals surface area contributed by atoms with Crippen LogP contribution in [-0.4, -0.2) is 33.8 Å². The van der Waals surface area contributed by atoms with E-state index in [4.69, 9.17) is 4.74 Å². The molecule has 1 fully saturated rings. The minimum absolute atomic E-state index is 0.191. The van der Waals surface area contributed by atoms with Gasteiger partial charge in [0.15, 0.2) is 5.13 Å². The highest BCUT2D eigenvalue weighted by Gasteiger charge is 2.48. The van der Waals surface area contributed by atoms with E-state index in [0.717, 1.165) is 10.3 Å². The number of Topliss-reactive ketones (excluding diaryl/α,β-unsaturated/α-hetero) is 1. The number of hydrogen-bond acceptors (Lipinski definition) is 8. The van der Waals surface area contributed by atoms with Crippen LogP contribution in [0, 0.1) is 17.0 Å². The number of carbonyl (C=O) groups is 2. The third-order valence-corrected chi connectivity index (χ3v) is 6.94. The zero-order valence-electron chi connectivity index (χ0n) is 19.2. The van der Waals surface area contributed by atoms with E-state index in [1.165, 1.54) is 47.6 Å². The molecule has 0 bridgehead atoms. The molecule has 180 valence electrons. The molecule has 0 radical (unpaired) electrons. The Bertz CT molecular complexity index is 1590. The number of aromatic nitrogens is 1. The van der Waals surface area contributed by atoms with Gasteiger partial charge in [0.2, 0.25) is 0 Å². The van der Waals surface area contributed by atoms with Crippen LogP contribution in [0.5, 0.6) is 5.75 Å². The lowest BCUT2D eigenvalue weighted by atomic mass is 9.95. The Morgan fingerprint density at radius 2 is 1.89 bits per heavy atom. The largest absolute Gasteiger partial charge is 0.507 e. The fourth-order valence-electron chi connectivity index (χ4n) is 4.20. The summed E-state index contributed by atoms with van der Waals surface area (Å²) in [4.78, 5) is 43.4. The van der Waals surface area contributed by atoms with E-state index in [0.29, 0.717) is 16.8 Å². The second kappa shape index (κ2) is 8.90. The summed E-state index contributed by atoms with van der Waals surface area (Å²) < 4.78 is 6.04. The Kier molecular flexibility index (Phi) is 5.73. The zero-order chi connectivity index (χ0) is 25.6. The first-order chi connectivity index (χ1) is 17.3. The monoisotopic (exact) mass is 501 g/mol. The molecule has 1 amide bonds. The number of anilines is 1. The van der Waals surface area contributed by atoms with Crippen LogP contribution in [0.4, 0.5) is 10.8 Å². The normalized spacial score (nSPS) is 17.1. The number of benzene rings is 3. The van der Waals surface area contributed by atoms with Gasteiger partial charge in [0.1, 0.15) is 11.5 Å². The van der Waals surface area contributed by atoms with E-state index in [1.807, 2.05) is 25.1 Å². The topological polar surface area (TPSA) is 123 Å². The number of nitrogens with zero attached hydrogens (tertiary/aromatic N) is 3. The third-order valence-electron chi connectivity index (χ3n) is 5.92. The maximum atomic E-state index is 13.4. The van der Waals surface area contributed by atoms with Gasteiger partial charge in [-0.05, 0) is 42.3 Å². The van der Waals surface area contributed by atoms with Crippen LogP contribution < -0.4 is 9.64 Å². The fraction of sp³-hybridized carbons (Fsp3) is 0.115. The maximum Gasteiger partial charge on any atom is 0.301 e. The predicted octanol–water partition coefficient (Wildman–Crippen LogP) is 5.15. The molecule has 0 aliphatic carbocycles. The lowest BCUT2D eigenvalue weighted by Crippen LogP contribution is -2.29. The molecule has 1 atom stereocenters. The molecule has 2 heterocycles. The average molecular weight is 502 g/mol. The number of thiazole rings is 1. The van der Waals surface area contributed by atoms with Crippen molar-refractivity contribution in [1.82, 2.24) is 4.98 Å². The summed E-state index contributed by atoms with van der Waals surface area (Å²) in [6.45, 7) is 1.93. The van der Waals surface area contributed by atoms with Crippen LogP contribution in [0.1, 0.15) is 22.7 Å². The molecule has 0 saturated carbocycles. The smallest absolute Gasteiger partial charge is 0.301 e. The Balaban J connectivity index is 1.75. The van der Waals surface area contributed by atoms with Crippen molar-refractivity contribution in [2.45, 2.75) is 13.0 Å². The number of aliphatic hydroxyl groups excluding tert-OH is 1. The van der Waals surface area contributed by atoms with E-state index in [1.54, 1.807) is 24.3 Å². The molecule has 4 aromatic rings. The van der Waals surface area contributed by atoms with Crippen molar-refractivity contribution < 1.29 is 24.4 Å². The average Bonchev–Trinajstić information content (AvgIpc) is 3.41. The Hall–Kier alpha value is -4.57. The van der Waals surface area contributed by atoms with Gasteiger partial charge in [0, 0.05) is 17.7 Å². The number of nitro benzene ring substituents is 1. The highest BCUT2D eigenvalue weighted by molar-refractivity contribution is 7.22. The van der Waals surface area contributed by atoms with Gasteiger partial charge in [-0.15, -0.1) is 0 Å². The van der Waals surface area contributed by atoms with Crippen LogP contribution in [0.15, 0.2) is 72.3 Å². The second-order valence-electron chi connectivity index (χ2n) is 8.22. The molecule has 1 saturated heterocycles. The summed E-state index contributed by atoms with van der Waals surface area (Å²) in [5.41, 5.74) is 1.82. The van der Waals surface area contributed by atoms with Crippen molar-refractivity contribution >= 4 is 49.8 Å². The lowest BCUT2D eigenvalue weighted by Gasteiger charge is -2.22. The van der Waals surface area contributed by atoms with Gasteiger partial charge >= 0.3 is 5.91 Å². The Morgan fingerprint density at radius 1 is 1.11 bits per heavy atom. The minimum atomic E-state index is -1.13. The number of aliphatic hydroxyl groups is 1. The minimum Gasteiger partial charge on any atom is -0.507 e. The van der Waals surface area contributed by atoms with Crippen molar-refractivity contribution in [3.63, 3.8) is 0 Å². The highest BCUT2D eigenvalue weighted by Crippen LogP contribution is 2.45. The van der Waals surface area contributed by atoms with Gasteiger partial charge in [-0.3, -0.25) is 24.6 Å². The van der Waals surface area contributed by atoms with Crippen molar-refractivity contribution in [1.29, 1.82) is 0 Å². The van der Waals surface area contributed by atoms with E-state index >= 15 is 0 Å². The molecule has 1 N–H and O–H groups in total. The molecule has 5 rings (SSSR count). The Morgan fingerprint density at radius 3 is 2.64 bits per heavy atom. The van der Waals surface area contributed by atoms with Gasteiger partial charge in [0.25, 0.3) is 11.5 Å². The number of rotatable bonds is 5. The van der Waals surface area contributed by atoms with Gasteiger partial charge in [-0.2, -0.15) is 0 Å². The van der Waals surface area contributed by atoms with Gasteiger partial charge < -0.3 is 9.84 Å². The Labute approximate surface area is 209 Å². The number of non-ortho nitro benzene ring substituents is 1. The maximum absolute atomic E-state index is 13.4. The summed E-state index contributed by atoms with van der Waals surface area (Å²) in [5, 5.41) is 23.0. The predicted molar refractivity (Wildman–Crippen MR) is 135 cm³/mol. The summed E-state index contributed by atoms with van der Waals surface area (Å²) in [5.74, 6) is -1.76. The summed E-state index contributed by atoms with van der Waals surface area (Å²) >= 11 is 1.22. The van der Waals surface area contributed by atoms with Crippen molar-refractivity contribution in [2.24, 2.45) is 0 Å². The number of ether oxygens (including phenoxy) is 1. The van der Waals surface area contributed by atoms with Gasteiger partial charge in [-0.1, -0.05) is 41.7 Å². The van der Waals surface area contributed by atoms with E-state index in [2.05, 4.69) is 4.98 Å². The number of carbonyl (C=O) groups excluding carboxylic acids is 2. The van der Waals surface area contributed by atoms with Crippen molar-refractivity contribution in [2.75, 3.05) is 12.0 Å². The van der Waals surface area contributed by atoms with Gasteiger partial charge in [-0.25, -0.2) is 4.98 Å². The molecule has 1 aliphatic heterocycles. The van der Waals surface area contributed by atoms with Crippen molar-refractivity contribution in [3.8, 4) is 5.75 Å². The van der Waals surface area contributed by atoms with Crippen LogP contribution in [-0.2, 0) is 9.59 Å². The number of amides is 1. The third kappa shape index (κ3) is 3.87. The number of fused-ring (bicyclic) bond motifs is 1. The number of ketones is 1. The molecule has 1 aromatic heterocycles. The fourth-order valence-corrected chi connectivity index (χ4v) is 5.29. The first-order valence-corrected chi connectivity index (χ1v) is 11.7. The molecule has 1 aliphatic rings. The van der Waals surface area contributed by atoms with E-state index < -0.39 is 28.4 Å². The molecule has 3 aromatic carbocycles. The van der Waals surface area contributed by atoms with Crippen LogP contribution in [0.25, 0.3) is 16.0 Å². The van der Waals surface area contributed by atoms with Crippen molar-refractivity contribution in [3.05, 3.63) is 99.1 Å². The molecule has 0 unspecified atom stereocenters. The second-order valence-corrected chi connectivity index (χ2v) is 9.23. The van der Waals surface area contributed by atoms with Crippen LogP contribution in [0.2, 0.25) is 0 Å². The summed E-state index contributed by atoms with van der Waals surface area (Å²) in [6.07, 6.45) is 0. The molecule has 36 heavy (non-hydrogen) atoms. The molecule has 10 heteroatoms. The quantitative estimate of drug-likeness (QED) is 0.132. The summed E-state index contributed by atoms with van der Waals surface area (Å²) in [7, 11) is 1.47. The molecule has 9 nitrogen and oxygen atoms in total. The first-order valence-electron chi connectivity index (χ1n) is 10.9. The van der Waals surface area contributed by atoms with Crippen LogP contribution in [0.3, 0.4) is 0 Å². The van der Waals surface area contributed by atoms with Crippen LogP contribution >= 0.6 is 11.3 Å². The SMILES string of the molecule is COc1cccc(/C(O)=C2\C(=O)C(=O)N(c3nc4ccc(C)cc4s3)[C@H]2c2cccc([N+](=O)[O-])c2)c1. The number of aryl methyl sites for hydroxylation is 1.